The fraction of sp³-hybridized carbons (Fsp3) is 0.625. The zero-order valence-electron chi connectivity index (χ0n) is 18.7. The minimum atomic E-state index is 0.206. The van der Waals surface area contributed by atoms with E-state index in [0.717, 1.165) is 85.6 Å². The average molecular weight is 493 g/mol. The van der Waals surface area contributed by atoms with E-state index in [0.29, 0.717) is 11.4 Å². The van der Waals surface area contributed by atoms with Crippen molar-refractivity contribution in [1.82, 2.24) is 14.9 Å². The lowest BCUT2D eigenvalue weighted by Gasteiger charge is -2.09. The standard InChI is InChI=1S/C24H33ClN4OS2/c25-18-10-11-20-21(17-18)28-22-8-6-15-29(22)24(20)27-14-5-1-4-13-26-23(30)9-3-2-7-19-12-16-31-32-19/h10-11,17,19H,1-9,12-16H2,(H,26,30). The van der Waals surface area contributed by atoms with E-state index < -0.39 is 0 Å². The van der Waals surface area contributed by atoms with Crippen molar-refractivity contribution in [1.29, 1.82) is 0 Å². The summed E-state index contributed by atoms with van der Waals surface area (Å²) < 4.78 is 2.26. The van der Waals surface area contributed by atoms with Crippen molar-refractivity contribution in [2.45, 2.75) is 76.0 Å². The van der Waals surface area contributed by atoms with Crippen molar-refractivity contribution in [3.63, 3.8) is 0 Å². The summed E-state index contributed by atoms with van der Waals surface area (Å²) in [6, 6.07) is 5.89. The average Bonchev–Trinajstić information content (AvgIpc) is 3.47. The second-order valence-electron chi connectivity index (χ2n) is 8.64. The maximum absolute atomic E-state index is 12.0. The van der Waals surface area contributed by atoms with E-state index in [1.165, 1.54) is 25.0 Å². The molecule has 1 unspecified atom stereocenters. The second-order valence-corrected chi connectivity index (χ2v) is 11.9. The van der Waals surface area contributed by atoms with Gasteiger partial charge in [-0.25, -0.2) is 4.98 Å². The number of carbonyl (C=O) groups excluding carboxylic acids is 1. The lowest BCUT2D eigenvalue weighted by Crippen LogP contribution is -2.24. The molecule has 8 heteroatoms. The number of fused-ring (bicyclic) bond motifs is 2. The van der Waals surface area contributed by atoms with Gasteiger partial charge >= 0.3 is 0 Å². The van der Waals surface area contributed by atoms with E-state index in [1.54, 1.807) is 0 Å². The van der Waals surface area contributed by atoms with Gasteiger partial charge in [-0.2, -0.15) is 0 Å². The first-order chi connectivity index (χ1) is 15.7. The highest BCUT2D eigenvalue weighted by Crippen LogP contribution is 2.39. The van der Waals surface area contributed by atoms with E-state index in [4.69, 9.17) is 21.6 Å². The van der Waals surface area contributed by atoms with Crippen LogP contribution in [0, 0.1) is 0 Å². The summed E-state index contributed by atoms with van der Waals surface area (Å²) in [4.78, 5) is 21.7. The molecule has 0 spiro atoms. The third-order valence-electron chi connectivity index (χ3n) is 6.13. The molecule has 5 nitrogen and oxygen atoms in total. The molecule has 1 fully saturated rings. The predicted molar refractivity (Wildman–Crippen MR) is 137 cm³/mol. The molecule has 1 atom stereocenters. The number of amides is 1. The minimum Gasteiger partial charge on any atom is -0.356 e. The molecule has 174 valence electrons. The Bertz CT molecular complexity index is 988. The quantitative estimate of drug-likeness (QED) is 0.330. The van der Waals surface area contributed by atoms with Crippen LogP contribution in [0.3, 0.4) is 0 Å². The Kier molecular flexibility index (Phi) is 9.23. The van der Waals surface area contributed by atoms with Gasteiger partial charge in [-0.3, -0.25) is 9.79 Å². The Balaban J connectivity index is 1.16. The fourth-order valence-electron chi connectivity index (χ4n) is 4.38. The molecule has 32 heavy (non-hydrogen) atoms. The van der Waals surface area contributed by atoms with Crippen LogP contribution < -0.4 is 10.8 Å². The van der Waals surface area contributed by atoms with Crippen LogP contribution in [0.4, 0.5) is 0 Å². The largest absolute Gasteiger partial charge is 0.356 e. The molecule has 4 rings (SSSR count). The van der Waals surface area contributed by atoms with Gasteiger partial charge in [0.05, 0.1) is 5.52 Å². The van der Waals surface area contributed by atoms with Crippen molar-refractivity contribution in [3.05, 3.63) is 34.5 Å². The third kappa shape index (κ3) is 6.67. The number of halogens is 1. The Morgan fingerprint density at radius 3 is 3.06 bits per heavy atom. The highest BCUT2D eigenvalue weighted by molar-refractivity contribution is 8.77. The molecule has 3 heterocycles. The molecule has 1 aromatic heterocycles. The van der Waals surface area contributed by atoms with Crippen LogP contribution in [-0.4, -0.2) is 39.6 Å². The molecule has 0 bridgehead atoms. The lowest BCUT2D eigenvalue weighted by atomic mass is 10.1. The SMILES string of the molecule is O=C(CCCCC1CCSS1)NCCCCCN=c1c2ccc(Cl)cc2nc2n1CCC2. The predicted octanol–water partition coefficient (Wildman–Crippen LogP) is 5.54. The number of unbranched alkanes of at least 4 members (excludes halogenated alkanes) is 3. The monoisotopic (exact) mass is 492 g/mol. The van der Waals surface area contributed by atoms with Gasteiger partial charge in [-0.15, -0.1) is 0 Å². The van der Waals surface area contributed by atoms with Gasteiger partial charge in [-0.05, 0) is 63.1 Å². The van der Waals surface area contributed by atoms with Crippen molar-refractivity contribution in [2.24, 2.45) is 4.99 Å². The first-order valence-corrected chi connectivity index (χ1v) is 14.7. The fourth-order valence-corrected chi connectivity index (χ4v) is 7.58. The summed E-state index contributed by atoms with van der Waals surface area (Å²) in [5.41, 5.74) is 1.98. The first-order valence-electron chi connectivity index (χ1n) is 11.9. The van der Waals surface area contributed by atoms with Crippen LogP contribution in [0.5, 0.6) is 0 Å². The van der Waals surface area contributed by atoms with Crippen molar-refractivity contribution < 1.29 is 4.79 Å². The van der Waals surface area contributed by atoms with Crippen LogP contribution in [0.1, 0.15) is 63.6 Å². The molecule has 2 aromatic rings. The minimum absolute atomic E-state index is 0.206. The highest BCUT2D eigenvalue weighted by Gasteiger charge is 2.16. The van der Waals surface area contributed by atoms with Crippen LogP contribution in [0.2, 0.25) is 5.02 Å². The van der Waals surface area contributed by atoms with Crippen LogP contribution in [-0.2, 0) is 17.8 Å². The molecule has 1 amide bonds. The zero-order chi connectivity index (χ0) is 22.2. The maximum Gasteiger partial charge on any atom is 0.219 e. The van der Waals surface area contributed by atoms with E-state index in [1.807, 2.05) is 39.8 Å². The zero-order valence-corrected chi connectivity index (χ0v) is 21.0. The lowest BCUT2D eigenvalue weighted by molar-refractivity contribution is -0.121. The topological polar surface area (TPSA) is 59.3 Å². The molecular formula is C24H33ClN4OS2. The Labute approximate surface area is 203 Å². The van der Waals surface area contributed by atoms with Gasteiger partial charge in [-0.1, -0.05) is 39.6 Å². The van der Waals surface area contributed by atoms with Gasteiger partial charge in [0.1, 0.15) is 11.3 Å². The Morgan fingerprint density at radius 1 is 1.25 bits per heavy atom. The van der Waals surface area contributed by atoms with Gasteiger partial charge in [0, 0.05) is 53.9 Å². The number of rotatable bonds is 11. The molecule has 0 saturated carbocycles. The number of hydrogen-bond acceptors (Lipinski definition) is 5. The Morgan fingerprint density at radius 2 is 2.19 bits per heavy atom. The van der Waals surface area contributed by atoms with E-state index >= 15 is 0 Å². The molecule has 1 saturated heterocycles. The number of aryl methyl sites for hydroxylation is 1. The van der Waals surface area contributed by atoms with Crippen LogP contribution in [0.15, 0.2) is 23.2 Å². The molecule has 2 aliphatic heterocycles. The van der Waals surface area contributed by atoms with Crippen LogP contribution in [0.25, 0.3) is 10.9 Å². The second kappa shape index (κ2) is 12.3. The Hall–Kier alpha value is -1.18. The summed E-state index contributed by atoms with van der Waals surface area (Å²) >= 11 is 6.17. The number of nitrogens with zero attached hydrogens (tertiary/aromatic N) is 3. The van der Waals surface area contributed by atoms with Crippen molar-refractivity contribution in [3.8, 4) is 0 Å². The summed E-state index contributed by atoms with van der Waals surface area (Å²) in [7, 11) is 4.02. The summed E-state index contributed by atoms with van der Waals surface area (Å²) in [5.74, 6) is 2.61. The number of hydrogen-bond donors (Lipinski definition) is 1. The van der Waals surface area contributed by atoms with Gasteiger partial charge in [0.25, 0.3) is 0 Å². The molecule has 1 aromatic carbocycles. The number of aromatic nitrogens is 2. The van der Waals surface area contributed by atoms with Crippen molar-refractivity contribution in [2.75, 3.05) is 18.8 Å². The van der Waals surface area contributed by atoms with Crippen LogP contribution >= 0.6 is 33.2 Å². The number of nitrogens with one attached hydrogen (secondary N) is 1. The highest BCUT2D eigenvalue weighted by atomic mass is 35.5. The third-order valence-corrected chi connectivity index (χ3v) is 9.37. The molecule has 1 N–H and O–H groups in total. The van der Waals surface area contributed by atoms with Crippen molar-refractivity contribution >= 4 is 50.0 Å². The molecular weight excluding hydrogens is 460 g/mol. The maximum atomic E-state index is 12.0. The summed E-state index contributed by atoms with van der Waals surface area (Å²) in [6.07, 6.45) is 10.7. The number of carbonyl (C=O) groups is 1. The van der Waals surface area contributed by atoms with Gasteiger partial charge in [0.2, 0.25) is 5.91 Å². The first kappa shape index (κ1) is 24.0. The summed E-state index contributed by atoms with van der Waals surface area (Å²) in [6.45, 7) is 2.56. The number of benzene rings is 1. The summed E-state index contributed by atoms with van der Waals surface area (Å²) in [5, 5.41) is 5.69. The molecule has 2 aliphatic rings. The van der Waals surface area contributed by atoms with E-state index in [9.17, 15) is 4.79 Å². The smallest absolute Gasteiger partial charge is 0.219 e. The molecule has 0 radical (unpaired) electrons. The van der Waals surface area contributed by atoms with E-state index in [-0.39, 0.29) is 5.91 Å². The van der Waals surface area contributed by atoms with Gasteiger partial charge < -0.3 is 9.88 Å². The normalized spacial score (nSPS) is 18.4. The molecule has 0 aliphatic carbocycles. The van der Waals surface area contributed by atoms with E-state index in [2.05, 4.69) is 9.88 Å². The van der Waals surface area contributed by atoms with Gasteiger partial charge in [0.15, 0.2) is 0 Å².